The van der Waals surface area contributed by atoms with Crippen LogP contribution in [0.2, 0.25) is 5.02 Å². The number of carbonyl (C=O) groups excluding carboxylic acids is 1. The van der Waals surface area contributed by atoms with Gasteiger partial charge in [-0.25, -0.2) is 0 Å². The molecule has 5 nitrogen and oxygen atoms in total. The zero-order valence-electron chi connectivity index (χ0n) is 17.9. The molecule has 1 saturated heterocycles. The maximum Gasteiger partial charge on any atom is 0.265 e. The zero-order chi connectivity index (χ0) is 22.5. The maximum atomic E-state index is 12.2. The first-order chi connectivity index (χ1) is 14.8. The van der Waals surface area contributed by atoms with Crippen LogP contribution in [0.25, 0.3) is 6.08 Å². The Kier molecular flexibility index (Phi) is 7.86. The number of halogens is 1. The van der Waals surface area contributed by atoms with Crippen molar-refractivity contribution in [2.24, 2.45) is 0 Å². The molecule has 0 saturated carbocycles. The highest BCUT2D eigenvalue weighted by Crippen LogP contribution is 2.38. The van der Waals surface area contributed by atoms with Gasteiger partial charge >= 0.3 is 0 Å². The Morgan fingerprint density at radius 3 is 2.39 bits per heavy atom. The fourth-order valence-electron chi connectivity index (χ4n) is 3.10. The molecule has 0 atom stereocenters. The fraction of sp³-hybridized carbons (Fsp3) is 0.304. The summed E-state index contributed by atoms with van der Waals surface area (Å²) in [6.07, 6.45) is 2.44. The second-order valence-corrected chi connectivity index (χ2v) is 9.23. The molecule has 3 rings (SSSR count). The first-order valence-electron chi connectivity index (χ1n) is 9.71. The SMILES string of the molecule is COc1cc(/C=C2\SC(=S)N(C)C2=O)cc(Cl)c1OCCCOc1cc(C)cc(C)c1. The number of likely N-dealkylation sites (N-methyl/N-ethyl adjacent to an activating group) is 1. The van der Waals surface area contributed by atoms with Crippen LogP contribution in [-0.2, 0) is 4.79 Å². The number of methoxy groups -OCH3 is 1. The Morgan fingerprint density at radius 2 is 1.77 bits per heavy atom. The zero-order valence-corrected chi connectivity index (χ0v) is 20.2. The van der Waals surface area contributed by atoms with Gasteiger partial charge in [0.25, 0.3) is 5.91 Å². The molecular formula is C23H24ClNO4S2. The molecule has 0 spiro atoms. The Balaban J connectivity index is 1.61. The number of rotatable bonds is 8. The number of amides is 1. The largest absolute Gasteiger partial charge is 0.493 e. The van der Waals surface area contributed by atoms with Crippen LogP contribution in [-0.4, -0.2) is 42.5 Å². The van der Waals surface area contributed by atoms with Gasteiger partial charge in [-0.2, -0.15) is 0 Å². The minimum atomic E-state index is -0.130. The standard InChI is InChI=1S/C23H24ClNO4S2/c1-14-8-15(2)10-17(9-14)28-6-5-7-29-21-18(24)11-16(12-19(21)27-4)13-20-22(26)25(3)23(30)31-20/h8-13H,5-7H2,1-4H3/b20-13-. The Hall–Kier alpha value is -2.22. The van der Waals surface area contributed by atoms with Crippen molar-refractivity contribution in [1.29, 1.82) is 0 Å². The number of thioether (sulfide) groups is 1. The molecule has 0 aliphatic carbocycles. The van der Waals surface area contributed by atoms with Crippen molar-refractivity contribution in [2.45, 2.75) is 20.3 Å². The summed E-state index contributed by atoms with van der Waals surface area (Å²) in [5.41, 5.74) is 3.08. The maximum absolute atomic E-state index is 12.2. The van der Waals surface area contributed by atoms with Crippen molar-refractivity contribution in [3.8, 4) is 17.2 Å². The van der Waals surface area contributed by atoms with E-state index in [9.17, 15) is 4.79 Å². The van der Waals surface area contributed by atoms with Gasteiger partial charge in [0.2, 0.25) is 0 Å². The lowest BCUT2D eigenvalue weighted by Crippen LogP contribution is -2.22. The van der Waals surface area contributed by atoms with E-state index < -0.39 is 0 Å². The summed E-state index contributed by atoms with van der Waals surface area (Å²) in [6, 6.07) is 9.67. The number of nitrogens with zero attached hydrogens (tertiary/aromatic N) is 1. The van der Waals surface area contributed by atoms with Crippen LogP contribution in [0.1, 0.15) is 23.1 Å². The van der Waals surface area contributed by atoms with E-state index in [0.29, 0.717) is 45.4 Å². The van der Waals surface area contributed by atoms with Crippen LogP contribution in [0.15, 0.2) is 35.2 Å². The van der Waals surface area contributed by atoms with Crippen LogP contribution in [0.4, 0.5) is 0 Å². The summed E-state index contributed by atoms with van der Waals surface area (Å²) in [7, 11) is 3.21. The highest BCUT2D eigenvalue weighted by molar-refractivity contribution is 8.26. The summed E-state index contributed by atoms with van der Waals surface area (Å²) < 4.78 is 17.7. The van der Waals surface area contributed by atoms with Crippen molar-refractivity contribution in [2.75, 3.05) is 27.4 Å². The van der Waals surface area contributed by atoms with Crippen LogP contribution in [0.3, 0.4) is 0 Å². The van der Waals surface area contributed by atoms with Crippen molar-refractivity contribution < 1.29 is 19.0 Å². The molecule has 0 bridgehead atoms. The molecule has 164 valence electrons. The highest BCUT2D eigenvalue weighted by atomic mass is 35.5. The number of hydrogen-bond donors (Lipinski definition) is 0. The van der Waals surface area contributed by atoms with Crippen molar-refractivity contribution in [3.63, 3.8) is 0 Å². The first kappa shape index (κ1) is 23.4. The smallest absolute Gasteiger partial charge is 0.265 e. The molecule has 0 unspecified atom stereocenters. The van der Waals surface area contributed by atoms with Gasteiger partial charge in [-0.1, -0.05) is 41.6 Å². The average Bonchev–Trinajstić information content (AvgIpc) is 2.94. The van der Waals surface area contributed by atoms with E-state index >= 15 is 0 Å². The minimum absolute atomic E-state index is 0.130. The van der Waals surface area contributed by atoms with Crippen molar-refractivity contribution in [1.82, 2.24) is 4.90 Å². The molecule has 0 radical (unpaired) electrons. The van der Waals surface area contributed by atoms with Crippen molar-refractivity contribution in [3.05, 3.63) is 56.9 Å². The summed E-state index contributed by atoms with van der Waals surface area (Å²) >= 11 is 12.9. The third-order valence-electron chi connectivity index (χ3n) is 4.54. The fourth-order valence-corrected chi connectivity index (χ4v) is 4.55. The normalized spacial score (nSPS) is 15.0. The third kappa shape index (κ3) is 5.93. The summed E-state index contributed by atoms with van der Waals surface area (Å²) in [5, 5.41) is 0.410. The van der Waals surface area contributed by atoms with E-state index in [0.717, 1.165) is 11.3 Å². The molecule has 0 N–H and O–H groups in total. The lowest BCUT2D eigenvalue weighted by molar-refractivity contribution is -0.121. The lowest BCUT2D eigenvalue weighted by atomic mass is 10.1. The van der Waals surface area contributed by atoms with E-state index in [2.05, 4.69) is 6.07 Å². The van der Waals surface area contributed by atoms with Crippen molar-refractivity contribution >= 4 is 51.9 Å². The van der Waals surface area contributed by atoms with Crippen LogP contribution in [0.5, 0.6) is 17.2 Å². The molecule has 2 aromatic carbocycles. The summed E-state index contributed by atoms with van der Waals surface area (Å²) in [4.78, 5) is 14.2. The molecule has 1 aliphatic rings. The summed E-state index contributed by atoms with van der Waals surface area (Å²) in [5.74, 6) is 1.70. The van der Waals surface area contributed by atoms with Gasteiger partial charge in [0, 0.05) is 13.5 Å². The molecule has 0 aromatic heterocycles. The van der Waals surface area contributed by atoms with E-state index in [4.69, 9.17) is 38.0 Å². The topological polar surface area (TPSA) is 48.0 Å². The Labute approximate surface area is 197 Å². The summed E-state index contributed by atoms with van der Waals surface area (Å²) in [6.45, 7) is 5.05. The van der Waals surface area contributed by atoms with E-state index in [1.807, 2.05) is 26.0 Å². The predicted molar refractivity (Wildman–Crippen MR) is 130 cm³/mol. The quantitative estimate of drug-likeness (QED) is 0.278. The lowest BCUT2D eigenvalue weighted by Gasteiger charge is -2.14. The number of carbonyl (C=O) groups is 1. The molecule has 1 amide bonds. The van der Waals surface area contributed by atoms with Gasteiger partial charge in [-0.05, 0) is 60.9 Å². The second kappa shape index (κ2) is 10.4. The molecule has 1 fully saturated rings. The molecule has 31 heavy (non-hydrogen) atoms. The Bertz CT molecular complexity index is 1020. The molecule has 2 aromatic rings. The number of hydrogen-bond acceptors (Lipinski definition) is 6. The van der Waals surface area contributed by atoms with Gasteiger partial charge in [-0.15, -0.1) is 0 Å². The van der Waals surface area contributed by atoms with Crippen LogP contribution in [0, 0.1) is 13.8 Å². The minimum Gasteiger partial charge on any atom is -0.493 e. The predicted octanol–water partition coefficient (Wildman–Crippen LogP) is 5.64. The second-order valence-electron chi connectivity index (χ2n) is 7.15. The number of thiocarbonyl (C=S) groups is 1. The first-order valence-corrected chi connectivity index (χ1v) is 11.3. The van der Waals surface area contributed by atoms with E-state index in [1.165, 1.54) is 27.8 Å². The monoisotopic (exact) mass is 477 g/mol. The third-order valence-corrected chi connectivity index (χ3v) is 6.30. The number of aryl methyl sites for hydroxylation is 2. The Morgan fingerprint density at radius 1 is 1.10 bits per heavy atom. The van der Waals surface area contributed by atoms with Crippen LogP contribution >= 0.6 is 35.6 Å². The van der Waals surface area contributed by atoms with Gasteiger partial charge in [0.15, 0.2) is 11.5 Å². The molecule has 8 heteroatoms. The van der Waals surface area contributed by atoms with E-state index in [1.54, 1.807) is 32.4 Å². The van der Waals surface area contributed by atoms with Gasteiger partial charge in [0.05, 0.1) is 30.3 Å². The van der Waals surface area contributed by atoms with Gasteiger partial charge in [0.1, 0.15) is 10.1 Å². The van der Waals surface area contributed by atoms with Gasteiger partial charge in [-0.3, -0.25) is 9.69 Å². The van der Waals surface area contributed by atoms with Crippen LogP contribution < -0.4 is 14.2 Å². The molecule has 1 heterocycles. The molecule has 1 aliphatic heterocycles. The average molecular weight is 478 g/mol. The van der Waals surface area contributed by atoms with Gasteiger partial charge < -0.3 is 14.2 Å². The number of benzene rings is 2. The van der Waals surface area contributed by atoms with E-state index in [-0.39, 0.29) is 5.91 Å². The number of ether oxygens (including phenoxy) is 3. The highest BCUT2D eigenvalue weighted by Gasteiger charge is 2.28. The molecular weight excluding hydrogens is 454 g/mol.